The van der Waals surface area contributed by atoms with Gasteiger partial charge >= 0.3 is 6.09 Å². The van der Waals surface area contributed by atoms with Crippen LogP contribution in [0.15, 0.2) is 48.7 Å². The van der Waals surface area contributed by atoms with Crippen molar-refractivity contribution >= 4 is 17.7 Å². The van der Waals surface area contributed by atoms with Crippen LogP contribution in [0.1, 0.15) is 72.3 Å². The fourth-order valence-corrected chi connectivity index (χ4v) is 4.56. The molecule has 7 heteroatoms. The zero-order valence-corrected chi connectivity index (χ0v) is 22.1. The van der Waals surface area contributed by atoms with Gasteiger partial charge in [0.1, 0.15) is 5.60 Å². The summed E-state index contributed by atoms with van der Waals surface area (Å²) < 4.78 is 7.44. The minimum atomic E-state index is -0.531. The highest BCUT2D eigenvalue weighted by atomic mass is 16.6. The van der Waals surface area contributed by atoms with Gasteiger partial charge in [0.2, 0.25) is 0 Å². The Morgan fingerprint density at radius 1 is 1.00 bits per heavy atom. The molecule has 1 N–H and O–H groups in total. The molecule has 7 nitrogen and oxygen atoms in total. The number of ether oxygens (including phenoxy) is 1. The maximum absolute atomic E-state index is 13.5. The van der Waals surface area contributed by atoms with E-state index in [1.54, 1.807) is 11.1 Å². The molecule has 36 heavy (non-hydrogen) atoms. The number of piperidine rings is 1. The lowest BCUT2D eigenvalue weighted by Crippen LogP contribution is -2.41. The smallest absolute Gasteiger partial charge is 0.410 e. The molecule has 1 aliphatic rings. The van der Waals surface area contributed by atoms with E-state index in [1.165, 1.54) is 0 Å². The first-order valence-electron chi connectivity index (χ1n) is 12.5. The quantitative estimate of drug-likeness (QED) is 0.477. The molecule has 1 aliphatic heterocycles. The number of aromatic nitrogens is 2. The summed E-state index contributed by atoms with van der Waals surface area (Å²) in [4.78, 5) is 27.9. The number of hydrogen-bond donors (Lipinski definition) is 1. The normalized spacial score (nSPS) is 14.6. The van der Waals surface area contributed by atoms with Gasteiger partial charge in [-0.1, -0.05) is 29.8 Å². The van der Waals surface area contributed by atoms with E-state index >= 15 is 0 Å². The first-order chi connectivity index (χ1) is 17.0. The molecule has 4 rings (SSSR count). The summed E-state index contributed by atoms with van der Waals surface area (Å²) in [6.07, 6.45) is 2.82. The molecule has 2 amide bonds. The van der Waals surface area contributed by atoms with Gasteiger partial charge in [0.15, 0.2) is 0 Å². The van der Waals surface area contributed by atoms with Crippen LogP contribution in [0.4, 0.5) is 10.5 Å². The molecule has 0 radical (unpaired) electrons. The summed E-state index contributed by atoms with van der Waals surface area (Å²) in [7, 11) is 0. The molecule has 0 atom stereocenters. The van der Waals surface area contributed by atoms with Crippen molar-refractivity contribution in [3.63, 3.8) is 0 Å². The molecule has 190 valence electrons. The molecule has 2 heterocycles. The first-order valence-corrected chi connectivity index (χ1v) is 12.5. The second-order valence-electron chi connectivity index (χ2n) is 10.6. The van der Waals surface area contributed by atoms with E-state index in [2.05, 4.69) is 10.4 Å². The average molecular weight is 489 g/mol. The van der Waals surface area contributed by atoms with Crippen molar-refractivity contribution in [1.29, 1.82) is 0 Å². The molecule has 3 aromatic rings. The molecule has 1 saturated heterocycles. The average Bonchev–Trinajstić information content (AvgIpc) is 3.27. The minimum absolute atomic E-state index is 0.0758. The SMILES string of the molecule is Cc1ccc(-n2ncc(C(=O)Nc3cccc(C)c3C)c2C2CCN(C(=O)OC(C)(C)C)CC2)cc1. The zero-order valence-electron chi connectivity index (χ0n) is 22.1. The fraction of sp³-hybridized carbons (Fsp3) is 0.414. The number of benzene rings is 2. The standard InChI is InChI=1S/C29H36N4O3/c1-19-10-12-23(13-11-19)33-26(22-14-16-32(17-15-22)28(35)36-29(4,5)6)24(18-30-33)27(34)31-25-9-7-8-20(2)21(25)3/h7-13,18,22H,14-17H2,1-6H3,(H,31,34). The number of aryl methyl sites for hydroxylation is 2. The first kappa shape index (κ1) is 25.5. The van der Waals surface area contributed by atoms with E-state index in [4.69, 9.17) is 4.74 Å². The molecular weight excluding hydrogens is 452 g/mol. The summed E-state index contributed by atoms with van der Waals surface area (Å²) >= 11 is 0. The van der Waals surface area contributed by atoms with E-state index in [9.17, 15) is 9.59 Å². The van der Waals surface area contributed by atoms with Crippen molar-refractivity contribution < 1.29 is 14.3 Å². The molecule has 1 fully saturated rings. The minimum Gasteiger partial charge on any atom is -0.444 e. The summed E-state index contributed by atoms with van der Waals surface area (Å²) in [5.74, 6) is -0.0986. The summed E-state index contributed by atoms with van der Waals surface area (Å²) in [5.41, 5.74) is 5.95. The van der Waals surface area contributed by atoms with Gasteiger partial charge < -0.3 is 15.0 Å². The number of nitrogens with one attached hydrogen (secondary N) is 1. The molecule has 0 spiro atoms. The Kier molecular flexibility index (Phi) is 7.20. The summed E-state index contributed by atoms with van der Waals surface area (Å²) in [6.45, 7) is 12.8. The van der Waals surface area contributed by atoms with E-state index < -0.39 is 5.60 Å². The lowest BCUT2D eigenvalue weighted by molar-refractivity contribution is 0.0203. The molecule has 0 saturated carbocycles. The second-order valence-corrected chi connectivity index (χ2v) is 10.6. The molecule has 0 bridgehead atoms. The number of hydrogen-bond acceptors (Lipinski definition) is 4. The van der Waals surface area contributed by atoms with Crippen LogP contribution in [-0.2, 0) is 4.74 Å². The van der Waals surface area contributed by atoms with Crippen LogP contribution < -0.4 is 5.32 Å². The van der Waals surface area contributed by atoms with Crippen LogP contribution in [-0.4, -0.2) is 45.4 Å². The number of carbonyl (C=O) groups excluding carboxylic acids is 2. The van der Waals surface area contributed by atoms with Crippen LogP contribution in [0.5, 0.6) is 0 Å². The van der Waals surface area contributed by atoms with E-state index in [-0.39, 0.29) is 17.9 Å². The Balaban J connectivity index is 1.63. The number of anilines is 1. The fourth-order valence-electron chi connectivity index (χ4n) is 4.56. The maximum Gasteiger partial charge on any atom is 0.410 e. The van der Waals surface area contributed by atoms with Gasteiger partial charge in [-0.25, -0.2) is 9.48 Å². The van der Waals surface area contributed by atoms with Gasteiger partial charge in [-0.2, -0.15) is 5.10 Å². The van der Waals surface area contributed by atoms with Gasteiger partial charge in [-0.3, -0.25) is 4.79 Å². The highest BCUT2D eigenvalue weighted by Gasteiger charge is 2.32. The second kappa shape index (κ2) is 10.2. The largest absolute Gasteiger partial charge is 0.444 e. The van der Waals surface area contributed by atoms with Gasteiger partial charge in [-0.05, 0) is 83.7 Å². The third-order valence-electron chi connectivity index (χ3n) is 6.72. The van der Waals surface area contributed by atoms with Crippen molar-refractivity contribution in [3.05, 3.63) is 76.6 Å². The molecular formula is C29H36N4O3. The van der Waals surface area contributed by atoms with E-state index in [0.717, 1.165) is 46.6 Å². The Hall–Kier alpha value is -3.61. The maximum atomic E-state index is 13.5. The molecule has 0 unspecified atom stereocenters. The Morgan fingerprint density at radius 2 is 1.67 bits per heavy atom. The van der Waals surface area contributed by atoms with Crippen LogP contribution in [0.2, 0.25) is 0 Å². The Bertz CT molecular complexity index is 1250. The topological polar surface area (TPSA) is 76.5 Å². The Morgan fingerprint density at radius 3 is 2.31 bits per heavy atom. The van der Waals surface area contributed by atoms with Crippen molar-refractivity contribution in [2.24, 2.45) is 0 Å². The zero-order chi connectivity index (χ0) is 26.0. The third kappa shape index (κ3) is 5.61. The van der Waals surface area contributed by atoms with Crippen molar-refractivity contribution in [2.75, 3.05) is 18.4 Å². The summed E-state index contributed by atoms with van der Waals surface area (Å²) in [6, 6.07) is 14.0. The van der Waals surface area contributed by atoms with Gasteiger partial charge in [-0.15, -0.1) is 0 Å². The summed E-state index contributed by atoms with van der Waals surface area (Å²) in [5, 5.41) is 7.74. The monoisotopic (exact) mass is 488 g/mol. The number of likely N-dealkylation sites (tertiary alicyclic amines) is 1. The number of amides is 2. The van der Waals surface area contributed by atoms with Crippen molar-refractivity contribution in [2.45, 2.75) is 65.9 Å². The molecule has 1 aromatic heterocycles. The number of rotatable bonds is 4. The lowest BCUT2D eigenvalue weighted by Gasteiger charge is -2.34. The van der Waals surface area contributed by atoms with Crippen LogP contribution in [0.3, 0.4) is 0 Å². The van der Waals surface area contributed by atoms with Gasteiger partial charge in [0.05, 0.1) is 23.1 Å². The van der Waals surface area contributed by atoms with E-state index in [0.29, 0.717) is 18.7 Å². The van der Waals surface area contributed by atoms with Gasteiger partial charge in [0, 0.05) is 24.7 Å². The molecule has 2 aromatic carbocycles. The van der Waals surface area contributed by atoms with Crippen molar-refractivity contribution in [1.82, 2.24) is 14.7 Å². The van der Waals surface area contributed by atoms with Crippen LogP contribution in [0.25, 0.3) is 5.69 Å². The van der Waals surface area contributed by atoms with Crippen molar-refractivity contribution in [3.8, 4) is 5.69 Å². The Labute approximate surface area is 213 Å². The highest BCUT2D eigenvalue weighted by molar-refractivity contribution is 6.05. The van der Waals surface area contributed by atoms with E-state index in [1.807, 2.05) is 88.7 Å². The number of nitrogens with zero attached hydrogens (tertiary/aromatic N) is 3. The lowest BCUT2D eigenvalue weighted by atomic mass is 9.90. The molecule has 0 aliphatic carbocycles. The third-order valence-corrected chi connectivity index (χ3v) is 6.72. The predicted octanol–water partition coefficient (Wildman–Crippen LogP) is 6.16. The predicted molar refractivity (Wildman–Crippen MR) is 142 cm³/mol. The van der Waals surface area contributed by atoms with Crippen LogP contribution >= 0.6 is 0 Å². The number of carbonyl (C=O) groups is 2. The highest BCUT2D eigenvalue weighted by Crippen LogP contribution is 2.33. The van der Waals surface area contributed by atoms with Crippen LogP contribution in [0, 0.1) is 20.8 Å². The van der Waals surface area contributed by atoms with Gasteiger partial charge in [0.25, 0.3) is 5.91 Å².